The van der Waals surface area contributed by atoms with Crippen molar-refractivity contribution >= 4 is 31.6 Å². The number of thiazole rings is 1. The van der Waals surface area contributed by atoms with E-state index in [1.54, 1.807) is 12.1 Å². The molecule has 1 fully saturated rings. The van der Waals surface area contributed by atoms with E-state index in [9.17, 15) is 13.7 Å². The number of hydrogen-bond acceptors (Lipinski definition) is 5. The van der Waals surface area contributed by atoms with E-state index in [0.717, 1.165) is 28.1 Å². The van der Waals surface area contributed by atoms with E-state index >= 15 is 0 Å². The standard InChI is InChI=1S/C18H15N3O2S2/c19-12-13-6-1-4-10-17(13)25(22,23)21-11-5-8-15(21)18-20-14-7-2-3-9-16(14)24-18/h1-4,6-7,9-10,15H,5,8,11H2/t15-/m1/s1. The summed E-state index contributed by atoms with van der Waals surface area (Å²) in [6.45, 7) is 0.447. The molecule has 1 atom stereocenters. The van der Waals surface area contributed by atoms with Gasteiger partial charge in [0, 0.05) is 6.54 Å². The van der Waals surface area contributed by atoms with E-state index in [1.165, 1.54) is 27.8 Å². The van der Waals surface area contributed by atoms with Gasteiger partial charge in [0.25, 0.3) is 0 Å². The fraction of sp³-hybridized carbons (Fsp3) is 0.222. The number of benzene rings is 2. The molecule has 0 amide bonds. The van der Waals surface area contributed by atoms with Crippen LogP contribution >= 0.6 is 11.3 Å². The number of hydrogen-bond donors (Lipinski definition) is 0. The maximum atomic E-state index is 13.2. The Bertz CT molecular complexity index is 1050. The van der Waals surface area contributed by atoms with Gasteiger partial charge in [-0.1, -0.05) is 24.3 Å². The molecule has 2 aromatic carbocycles. The van der Waals surface area contributed by atoms with Crippen LogP contribution < -0.4 is 0 Å². The van der Waals surface area contributed by atoms with Crippen molar-refractivity contribution in [1.29, 1.82) is 5.26 Å². The summed E-state index contributed by atoms with van der Waals surface area (Å²) < 4.78 is 28.9. The van der Waals surface area contributed by atoms with Crippen LogP contribution in [0, 0.1) is 11.3 Å². The average Bonchev–Trinajstić information content (AvgIpc) is 3.28. The molecule has 0 unspecified atom stereocenters. The molecule has 2 heterocycles. The van der Waals surface area contributed by atoms with E-state index < -0.39 is 10.0 Å². The zero-order chi connectivity index (χ0) is 17.4. The SMILES string of the molecule is N#Cc1ccccc1S(=O)(=O)N1CCC[C@@H]1c1nc2ccccc2s1. The molecule has 4 rings (SSSR count). The van der Waals surface area contributed by atoms with Gasteiger partial charge >= 0.3 is 0 Å². The van der Waals surface area contributed by atoms with Crippen molar-refractivity contribution in [2.24, 2.45) is 0 Å². The van der Waals surface area contributed by atoms with Crippen molar-refractivity contribution in [2.45, 2.75) is 23.8 Å². The zero-order valence-electron chi connectivity index (χ0n) is 13.3. The van der Waals surface area contributed by atoms with Gasteiger partial charge in [0.05, 0.1) is 26.7 Å². The van der Waals surface area contributed by atoms with Crippen LogP contribution in [0.1, 0.15) is 29.5 Å². The molecule has 0 aliphatic carbocycles. The van der Waals surface area contributed by atoms with Crippen LogP contribution in [-0.2, 0) is 10.0 Å². The summed E-state index contributed by atoms with van der Waals surface area (Å²) in [5.41, 5.74) is 1.07. The predicted molar refractivity (Wildman–Crippen MR) is 96.6 cm³/mol. The Labute approximate surface area is 150 Å². The third kappa shape index (κ3) is 2.72. The highest BCUT2D eigenvalue weighted by molar-refractivity contribution is 7.89. The molecule has 126 valence electrons. The van der Waals surface area contributed by atoms with Gasteiger partial charge in [0.2, 0.25) is 10.0 Å². The molecule has 0 radical (unpaired) electrons. The van der Waals surface area contributed by atoms with Crippen molar-refractivity contribution in [3.8, 4) is 6.07 Å². The monoisotopic (exact) mass is 369 g/mol. The minimum atomic E-state index is -3.74. The molecule has 1 saturated heterocycles. The highest BCUT2D eigenvalue weighted by Crippen LogP contribution is 2.40. The molecule has 1 aliphatic heterocycles. The summed E-state index contributed by atoms with van der Waals surface area (Å²) >= 11 is 1.54. The van der Waals surface area contributed by atoms with Gasteiger partial charge in [-0.15, -0.1) is 11.3 Å². The first-order valence-electron chi connectivity index (χ1n) is 7.98. The van der Waals surface area contributed by atoms with Crippen LogP contribution in [0.3, 0.4) is 0 Å². The largest absolute Gasteiger partial charge is 0.245 e. The fourth-order valence-electron chi connectivity index (χ4n) is 3.22. The van der Waals surface area contributed by atoms with Crippen LogP contribution in [0.4, 0.5) is 0 Å². The summed E-state index contributed by atoms with van der Waals surface area (Å²) in [5.74, 6) is 0. The quantitative estimate of drug-likeness (QED) is 0.706. The minimum Gasteiger partial charge on any atom is -0.239 e. The van der Waals surface area contributed by atoms with Gasteiger partial charge in [-0.05, 0) is 37.1 Å². The molecular weight excluding hydrogens is 354 g/mol. The van der Waals surface area contributed by atoms with E-state index in [2.05, 4.69) is 4.98 Å². The third-order valence-electron chi connectivity index (χ3n) is 4.39. The van der Waals surface area contributed by atoms with E-state index in [1.807, 2.05) is 30.3 Å². The van der Waals surface area contributed by atoms with Crippen LogP contribution in [0.5, 0.6) is 0 Å². The number of para-hydroxylation sites is 1. The van der Waals surface area contributed by atoms with Gasteiger partial charge < -0.3 is 0 Å². The lowest BCUT2D eigenvalue weighted by molar-refractivity contribution is 0.396. The second-order valence-corrected chi connectivity index (χ2v) is 8.82. The van der Waals surface area contributed by atoms with E-state index in [-0.39, 0.29) is 16.5 Å². The third-order valence-corrected chi connectivity index (χ3v) is 7.50. The normalized spacial score (nSPS) is 18.4. The number of sulfonamides is 1. The number of fused-ring (bicyclic) bond motifs is 1. The lowest BCUT2D eigenvalue weighted by Crippen LogP contribution is -2.31. The van der Waals surface area contributed by atoms with Crippen molar-refractivity contribution in [1.82, 2.24) is 9.29 Å². The molecule has 3 aromatic rings. The van der Waals surface area contributed by atoms with Gasteiger partial charge in [-0.25, -0.2) is 13.4 Å². The first kappa shape index (κ1) is 16.2. The van der Waals surface area contributed by atoms with Gasteiger partial charge in [-0.2, -0.15) is 9.57 Å². The highest BCUT2D eigenvalue weighted by Gasteiger charge is 2.38. The Morgan fingerprint density at radius 3 is 2.72 bits per heavy atom. The first-order chi connectivity index (χ1) is 12.1. The lowest BCUT2D eigenvalue weighted by Gasteiger charge is -2.23. The number of nitrogens with zero attached hydrogens (tertiary/aromatic N) is 3. The smallest absolute Gasteiger partial charge is 0.239 e. The summed E-state index contributed by atoms with van der Waals surface area (Å²) in [6, 6.07) is 15.9. The van der Waals surface area contributed by atoms with Gasteiger partial charge in [0.15, 0.2) is 0 Å². The molecule has 0 bridgehead atoms. The van der Waals surface area contributed by atoms with Crippen LogP contribution in [0.25, 0.3) is 10.2 Å². The lowest BCUT2D eigenvalue weighted by atomic mass is 10.2. The first-order valence-corrected chi connectivity index (χ1v) is 10.2. The van der Waals surface area contributed by atoms with Crippen LogP contribution in [-0.4, -0.2) is 24.3 Å². The summed E-state index contributed by atoms with van der Waals surface area (Å²) in [6.07, 6.45) is 1.53. The molecule has 1 aromatic heterocycles. The van der Waals surface area contributed by atoms with Crippen molar-refractivity contribution in [2.75, 3.05) is 6.54 Å². The molecule has 0 saturated carbocycles. The molecule has 7 heteroatoms. The Kier molecular flexibility index (Phi) is 4.04. The Morgan fingerprint density at radius 1 is 1.16 bits per heavy atom. The summed E-state index contributed by atoms with van der Waals surface area (Å²) in [5, 5.41) is 10.1. The second kappa shape index (κ2) is 6.23. The van der Waals surface area contributed by atoms with Crippen molar-refractivity contribution < 1.29 is 8.42 Å². The highest BCUT2D eigenvalue weighted by atomic mass is 32.2. The van der Waals surface area contributed by atoms with E-state index in [4.69, 9.17) is 0 Å². The summed E-state index contributed by atoms with van der Waals surface area (Å²) in [7, 11) is -3.74. The molecule has 5 nitrogen and oxygen atoms in total. The molecule has 0 spiro atoms. The minimum absolute atomic E-state index is 0.0745. The van der Waals surface area contributed by atoms with Crippen LogP contribution in [0.2, 0.25) is 0 Å². The molecular formula is C18H15N3O2S2. The fourth-order valence-corrected chi connectivity index (χ4v) is 6.20. The number of rotatable bonds is 3. The van der Waals surface area contributed by atoms with Gasteiger partial charge in [0.1, 0.15) is 11.1 Å². The predicted octanol–water partition coefficient (Wildman–Crippen LogP) is 3.69. The van der Waals surface area contributed by atoms with Crippen molar-refractivity contribution in [3.05, 3.63) is 59.1 Å². The van der Waals surface area contributed by atoms with Crippen LogP contribution in [0.15, 0.2) is 53.4 Å². The Morgan fingerprint density at radius 2 is 1.92 bits per heavy atom. The molecule has 1 aliphatic rings. The second-order valence-electron chi connectivity index (χ2n) is 5.90. The van der Waals surface area contributed by atoms with E-state index in [0.29, 0.717) is 6.54 Å². The topological polar surface area (TPSA) is 74.1 Å². The maximum absolute atomic E-state index is 13.2. The number of nitriles is 1. The summed E-state index contributed by atoms with van der Waals surface area (Å²) in [4.78, 5) is 4.72. The number of aromatic nitrogens is 1. The van der Waals surface area contributed by atoms with Gasteiger partial charge in [-0.3, -0.25) is 0 Å². The Hall–Kier alpha value is -2.27. The molecule has 0 N–H and O–H groups in total. The Balaban J connectivity index is 1.77. The average molecular weight is 369 g/mol. The molecule has 25 heavy (non-hydrogen) atoms. The maximum Gasteiger partial charge on any atom is 0.245 e. The van der Waals surface area contributed by atoms with Crippen molar-refractivity contribution in [3.63, 3.8) is 0 Å². The zero-order valence-corrected chi connectivity index (χ0v) is 14.9.